The van der Waals surface area contributed by atoms with Crippen molar-refractivity contribution in [1.82, 2.24) is 0 Å². The highest BCUT2D eigenvalue weighted by atomic mass is 19.1. The number of benzene rings is 1. The number of hydrogen-bond donors (Lipinski definition) is 0. The van der Waals surface area contributed by atoms with Gasteiger partial charge < -0.3 is 4.74 Å². The van der Waals surface area contributed by atoms with Crippen LogP contribution in [0.4, 0.5) is 4.39 Å². The minimum atomic E-state index is -0.608. The molecule has 0 aliphatic heterocycles. The van der Waals surface area contributed by atoms with Crippen molar-refractivity contribution >= 4 is 12.0 Å². The van der Waals surface area contributed by atoms with E-state index in [2.05, 4.69) is 0 Å². The maximum atomic E-state index is 13.3. The molecule has 0 amide bonds. The van der Waals surface area contributed by atoms with Crippen LogP contribution in [0, 0.1) is 17.1 Å². The number of carbonyl (C=O) groups is 1. The quantitative estimate of drug-likeness (QED) is 0.596. The number of ether oxygens (including phenoxy) is 1. The second-order valence-electron chi connectivity index (χ2n) is 4.72. The fourth-order valence-electron chi connectivity index (χ4n) is 1.23. The molecule has 0 atom stereocenters. The number of nitriles is 1. The van der Waals surface area contributed by atoms with Gasteiger partial charge in [0.25, 0.3) is 0 Å². The summed E-state index contributed by atoms with van der Waals surface area (Å²) in [5, 5.41) is 8.57. The molecule has 1 aromatic carbocycles. The van der Waals surface area contributed by atoms with Gasteiger partial charge in [0.2, 0.25) is 0 Å². The minimum Gasteiger partial charge on any atom is -0.457 e. The van der Waals surface area contributed by atoms with Gasteiger partial charge in [0.1, 0.15) is 17.5 Å². The third-order valence-electron chi connectivity index (χ3n) is 1.93. The summed E-state index contributed by atoms with van der Waals surface area (Å²) in [7, 11) is 0. The Kier molecular flexibility index (Phi) is 4.22. The van der Waals surface area contributed by atoms with Crippen LogP contribution in [0.3, 0.4) is 0 Å². The molecule has 0 aliphatic rings. The average molecular weight is 247 g/mol. The molecule has 1 aromatic rings. The lowest BCUT2D eigenvalue weighted by Crippen LogP contribution is -2.22. The van der Waals surface area contributed by atoms with Crippen molar-refractivity contribution in [3.8, 4) is 6.07 Å². The number of rotatable bonds is 2. The Balaban J connectivity index is 2.77. The zero-order valence-corrected chi connectivity index (χ0v) is 10.5. The maximum absolute atomic E-state index is 13.3. The predicted molar refractivity (Wildman–Crippen MR) is 66.0 cm³/mol. The maximum Gasteiger partial charge on any atom is 0.331 e. The first-order chi connectivity index (χ1) is 8.31. The monoisotopic (exact) mass is 247 g/mol. The highest BCUT2D eigenvalue weighted by Gasteiger charge is 2.13. The molecule has 0 bridgehead atoms. The molecular formula is C14H14FNO2. The lowest BCUT2D eigenvalue weighted by Gasteiger charge is -2.17. The molecule has 0 heterocycles. The van der Waals surface area contributed by atoms with Crippen molar-refractivity contribution in [1.29, 1.82) is 5.26 Å². The SMILES string of the molecule is CC(C)(C)OC(=O)/C=C/c1ccc(C#N)c(F)c1. The van der Waals surface area contributed by atoms with Crippen molar-refractivity contribution in [3.63, 3.8) is 0 Å². The van der Waals surface area contributed by atoms with Crippen LogP contribution in [-0.2, 0) is 9.53 Å². The first kappa shape index (κ1) is 13.9. The molecule has 0 saturated carbocycles. The smallest absolute Gasteiger partial charge is 0.331 e. The Bertz CT molecular complexity index is 522. The fourth-order valence-corrected chi connectivity index (χ4v) is 1.23. The van der Waals surface area contributed by atoms with E-state index in [0.717, 1.165) is 0 Å². The zero-order valence-electron chi connectivity index (χ0n) is 10.5. The van der Waals surface area contributed by atoms with Gasteiger partial charge in [0.15, 0.2) is 0 Å². The van der Waals surface area contributed by atoms with Crippen molar-refractivity contribution in [3.05, 3.63) is 41.2 Å². The van der Waals surface area contributed by atoms with E-state index in [1.165, 1.54) is 24.3 Å². The molecule has 94 valence electrons. The molecule has 0 spiro atoms. The van der Waals surface area contributed by atoms with Gasteiger partial charge in [-0.05, 0) is 44.5 Å². The second-order valence-corrected chi connectivity index (χ2v) is 4.72. The largest absolute Gasteiger partial charge is 0.457 e. The van der Waals surface area contributed by atoms with Crippen molar-refractivity contribution in [2.24, 2.45) is 0 Å². The van der Waals surface area contributed by atoms with Gasteiger partial charge in [-0.1, -0.05) is 6.07 Å². The van der Waals surface area contributed by atoms with Crippen LogP contribution < -0.4 is 0 Å². The van der Waals surface area contributed by atoms with Crippen molar-refractivity contribution in [2.75, 3.05) is 0 Å². The van der Waals surface area contributed by atoms with Crippen molar-refractivity contribution in [2.45, 2.75) is 26.4 Å². The average Bonchev–Trinajstić information content (AvgIpc) is 2.24. The van der Waals surface area contributed by atoms with Crippen LogP contribution in [0.15, 0.2) is 24.3 Å². The van der Waals surface area contributed by atoms with Crippen LogP contribution in [0.2, 0.25) is 0 Å². The van der Waals surface area contributed by atoms with Gasteiger partial charge in [-0.15, -0.1) is 0 Å². The Morgan fingerprint density at radius 2 is 2.11 bits per heavy atom. The topological polar surface area (TPSA) is 50.1 Å². The summed E-state index contributed by atoms with van der Waals surface area (Å²) in [5.41, 5.74) is -0.0843. The minimum absolute atomic E-state index is 0.0237. The first-order valence-corrected chi connectivity index (χ1v) is 5.42. The molecule has 18 heavy (non-hydrogen) atoms. The molecule has 0 fully saturated rings. The molecule has 0 N–H and O–H groups in total. The normalized spacial score (nSPS) is 11.3. The summed E-state index contributed by atoms with van der Waals surface area (Å²) in [6.45, 7) is 5.29. The van der Waals surface area contributed by atoms with Crippen LogP contribution in [0.25, 0.3) is 6.08 Å². The molecule has 0 aromatic heterocycles. The highest BCUT2D eigenvalue weighted by molar-refractivity contribution is 5.87. The molecule has 0 unspecified atom stereocenters. The number of hydrogen-bond acceptors (Lipinski definition) is 3. The van der Waals surface area contributed by atoms with Gasteiger partial charge in [-0.2, -0.15) is 5.26 Å². The number of halogens is 1. The number of carbonyl (C=O) groups excluding carboxylic acids is 1. The third-order valence-corrected chi connectivity index (χ3v) is 1.93. The lowest BCUT2D eigenvalue weighted by molar-refractivity contribution is -0.148. The van der Waals surface area contributed by atoms with Crippen LogP contribution >= 0.6 is 0 Å². The van der Waals surface area contributed by atoms with Crippen LogP contribution in [-0.4, -0.2) is 11.6 Å². The summed E-state index contributed by atoms with van der Waals surface area (Å²) >= 11 is 0. The van der Waals surface area contributed by atoms with Gasteiger partial charge in [0.05, 0.1) is 5.56 Å². The van der Waals surface area contributed by atoms with Gasteiger partial charge >= 0.3 is 5.97 Å². The summed E-state index contributed by atoms with van der Waals surface area (Å²) < 4.78 is 18.3. The van der Waals surface area contributed by atoms with E-state index >= 15 is 0 Å². The summed E-state index contributed by atoms with van der Waals surface area (Å²) in [5.74, 6) is -1.10. The van der Waals surface area contributed by atoms with E-state index in [-0.39, 0.29) is 5.56 Å². The Morgan fingerprint density at radius 1 is 1.44 bits per heavy atom. The van der Waals surface area contributed by atoms with Gasteiger partial charge in [-0.25, -0.2) is 9.18 Å². The summed E-state index contributed by atoms with van der Waals surface area (Å²) in [6, 6.07) is 5.84. The molecule has 0 saturated heterocycles. The standard InChI is InChI=1S/C14H14FNO2/c1-14(2,3)18-13(17)7-5-10-4-6-11(9-16)12(15)8-10/h4-8H,1-3H3/b7-5+. The summed E-state index contributed by atoms with van der Waals surface area (Å²) in [4.78, 5) is 11.4. The predicted octanol–water partition coefficient (Wildman–Crippen LogP) is 3.05. The molecule has 4 heteroatoms. The second kappa shape index (κ2) is 5.46. The van der Waals surface area contributed by atoms with E-state index in [0.29, 0.717) is 5.56 Å². The van der Waals surface area contributed by atoms with Gasteiger partial charge in [-0.3, -0.25) is 0 Å². The Morgan fingerprint density at radius 3 is 2.61 bits per heavy atom. The molecule has 0 radical (unpaired) electrons. The molecule has 3 nitrogen and oxygen atoms in total. The molecular weight excluding hydrogens is 233 g/mol. The van der Waals surface area contributed by atoms with E-state index < -0.39 is 17.4 Å². The van der Waals surface area contributed by atoms with Crippen molar-refractivity contribution < 1.29 is 13.9 Å². The number of nitrogens with zero attached hydrogens (tertiary/aromatic N) is 1. The van der Waals surface area contributed by atoms with Gasteiger partial charge in [0, 0.05) is 6.08 Å². The van der Waals surface area contributed by atoms with E-state index in [9.17, 15) is 9.18 Å². The first-order valence-electron chi connectivity index (χ1n) is 5.42. The molecule has 0 aliphatic carbocycles. The van der Waals surface area contributed by atoms with E-state index in [1.807, 2.05) is 0 Å². The zero-order chi connectivity index (χ0) is 13.8. The Labute approximate surface area is 105 Å². The highest BCUT2D eigenvalue weighted by Crippen LogP contribution is 2.12. The van der Waals surface area contributed by atoms with E-state index in [4.69, 9.17) is 10.00 Å². The molecule has 1 rings (SSSR count). The van der Waals surface area contributed by atoms with E-state index in [1.54, 1.807) is 32.9 Å². The Hall–Kier alpha value is -2.15. The van der Waals surface area contributed by atoms with Crippen LogP contribution in [0.1, 0.15) is 31.9 Å². The fraction of sp³-hybridized carbons (Fsp3) is 0.286. The van der Waals surface area contributed by atoms with Crippen LogP contribution in [0.5, 0.6) is 0 Å². The number of esters is 1. The lowest BCUT2D eigenvalue weighted by atomic mass is 10.1. The summed E-state index contributed by atoms with van der Waals surface area (Å²) in [6.07, 6.45) is 2.67. The third kappa shape index (κ3) is 4.38.